The molecule has 0 saturated heterocycles. The summed E-state index contributed by atoms with van der Waals surface area (Å²) in [4.78, 5) is 0. The summed E-state index contributed by atoms with van der Waals surface area (Å²) in [5.41, 5.74) is 6.08. The first kappa shape index (κ1) is 12.8. The lowest BCUT2D eigenvalue weighted by Gasteiger charge is -2.12. The van der Waals surface area contributed by atoms with Crippen LogP contribution < -0.4 is 11.3 Å². The highest BCUT2D eigenvalue weighted by Crippen LogP contribution is 2.23. The number of hydrogen-bond acceptors (Lipinski definition) is 4. The van der Waals surface area contributed by atoms with Crippen molar-refractivity contribution < 1.29 is 0 Å². The number of aromatic nitrogens is 4. The Labute approximate surface area is 117 Å². The molecule has 1 aromatic carbocycles. The maximum absolute atomic E-state index is 5.69. The Morgan fingerprint density at radius 3 is 2.80 bits per heavy atom. The van der Waals surface area contributed by atoms with Gasteiger partial charge < -0.3 is 0 Å². The maximum atomic E-state index is 5.69. The van der Waals surface area contributed by atoms with Crippen molar-refractivity contribution in [3.8, 4) is 0 Å². The number of nitrogens with one attached hydrogen (secondary N) is 1. The molecule has 1 atom stereocenters. The number of rotatable bonds is 4. The molecule has 0 aliphatic carbocycles. The van der Waals surface area contributed by atoms with Gasteiger partial charge in [-0.05, 0) is 6.07 Å². The van der Waals surface area contributed by atoms with Crippen LogP contribution in [0.25, 0.3) is 10.9 Å². The van der Waals surface area contributed by atoms with Gasteiger partial charge in [0.15, 0.2) is 0 Å². The van der Waals surface area contributed by atoms with Gasteiger partial charge in [0.25, 0.3) is 0 Å². The Kier molecular flexibility index (Phi) is 3.25. The second-order valence-corrected chi connectivity index (χ2v) is 4.96. The topological polar surface area (TPSA) is 73.7 Å². The average Bonchev–Trinajstić information content (AvgIpc) is 3.01. The zero-order chi connectivity index (χ0) is 14.1. The van der Waals surface area contributed by atoms with Crippen molar-refractivity contribution in [3.05, 3.63) is 47.9 Å². The lowest BCUT2D eigenvalue weighted by Crippen LogP contribution is -2.29. The molecule has 0 saturated carbocycles. The first-order valence-corrected chi connectivity index (χ1v) is 6.54. The first-order valence-electron chi connectivity index (χ1n) is 6.54. The monoisotopic (exact) mass is 270 g/mol. The van der Waals surface area contributed by atoms with Crippen molar-refractivity contribution in [1.29, 1.82) is 0 Å². The van der Waals surface area contributed by atoms with Crippen molar-refractivity contribution in [1.82, 2.24) is 25.0 Å². The minimum atomic E-state index is 0.00186. The van der Waals surface area contributed by atoms with E-state index in [9.17, 15) is 0 Å². The number of nitrogens with two attached hydrogens (primary N) is 1. The van der Waals surface area contributed by atoms with Gasteiger partial charge in [-0.15, -0.1) is 0 Å². The Balaban J connectivity index is 1.95. The summed E-state index contributed by atoms with van der Waals surface area (Å²) >= 11 is 0. The molecule has 6 heteroatoms. The van der Waals surface area contributed by atoms with Gasteiger partial charge in [0.1, 0.15) is 0 Å². The Morgan fingerprint density at radius 1 is 1.30 bits per heavy atom. The first-order chi connectivity index (χ1) is 9.69. The summed E-state index contributed by atoms with van der Waals surface area (Å²) in [5.74, 6) is 5.69. The molecule has 0 aliphatic heterocycles. The zero-order valence-electron chi connectivity index (χ0n) is 11.6. The molecule has 3 N–H and O–H groups in total. The van der Waals surface area contributed by atoms with Crippen molar-refractivity contribution in [3.63, 3.8) is 0 Å². The van der Waals surface area contributed by atoms with E-state index in [0.29, 0.717) is 0 Å². The van der Waals surface area contributed by atoms with Gasteiger partial charge in [-0.2, -0.15) is 10.2 Å². The molecule has 2 heterocycles. The molecule has 0 amide bonds. The van der Waals surface area contributed by atoms with Crippen LogP contribution in [0.2, 0.25) is 0 Å². The fourth-order valence-corrected chi connectivity index (χ4v) is 2.53. The van der Waals surface area contributed by atoms with E-state index in [2.05, 4.69) is 27.8 Å². The van der Waals surface area contributed by atoms with Gasteiger partial charge in [0.2, 0.25) is 0 Å². The number of aryl methyl sites for hydroxylation is 2. The smallest absolute Gasteiger partial charge is 0.0722 e. The number of nitrogens with zero attached hydrogens (tertiary/aromatic N) is 4. The lowest BCUT2D eigenvalue weighted by molar-refractivity contribution is 0.542. The van der Waals surface area contributed by atoms with E-state index in [-0.39, 0.29) is 6.04 Å². The molecule has 1 unspecified atom stereocenters. The normalized spacial score (nSPS) is 12.9. The summed E-state index contributed by atoms with van der Waals surface area (Å²) in [6, 6.07) is 8.22. The molecular formula is C14H18N6. The molecule has 104 valence electrons. The number of hydrazine groups is 1. The largest absolute Gasteiger partial charge is 0.275 e. The van der Waals surface area contributed by atoms with Gasteiger partial charge >= 0.3 is 0 Å². The fourth-order valence-electron chi connectivity index (χ4n) is 2.53. The second kappa shape index (κ2) is 5.07. The lowest BCUT2D eigenvalue weighted by atomic mass is 10.0. The van der Waals surface area contributed by atoms with Crippen LogP contribution in [-0.2, 0) is 20.5 Å². The highest BCUT2D eigenvalue weighted by molar-refractivity contribution is 5.81. The standard InChI is InChI=1S/C14H18N6/c1-19-9-10(8-16-19)12(17-15)7-13-11-5-3-4-6-14(11)20(2)18-13/h3-6,8-9,12,17H,7,15H2,1-2H3. The van der Waals surface area contributed by atoms with E-state index in [4.69, 9.17) is 5.84 Å². The number of fused-ring (bicyclic) bond motifs is 1. The van der Waals surface area contributed by atoms with Crippen LogP contribution in [0.1, 0.15) is 17.3 Å². The fraction of sp³-hybridized carbons (Fsp3) is 0.286. The predicted octanol–water partition coefficient (Wildman–Crippen LogP) is 1.05. The van der Waals surface area contributed by atoms with E-state index >= 15 is 0 Å². The second-order valence-electron chi connectivity index (χ2n) is 4.96. The van der Waals surface area contributed by atoms with Gasteiger partial charge in [-0.3, -0.25) is 20.6 Å². The minimum Gasteiger partial charge on any atom is -0.275 e. The summed E-state index contributed by atoms with van der Waals surface area (Å²) in [6.07, 6.45) is 4.52. The van der Waals surface area contributed by atoms with Crippen LogP contribution in [0.15, 0.2) is 36.7 Å². The molecule has 0 radical (unpaired) electrons. The third kappa shape index (κ3) is 2.19. The zero-order valence-corrected chi connectivity index (χ0v) is 11.6. The van der Waals surface area contributed by atoms with Crippen LogP contribution in [-0.4, -0.2) is 19.6 Å². The molecular weight excluding hydrogens is 252 g/mol. The van der Waals surface area contributed by atoms with E-state index in [1.807, 2.05) is 43.3 Å². The van der Waals surface area contributed by atoms with E-state index in [1.54, 1.807) is 4.68 Å². The Morgan fingerprint density at radius 2 is 2.10 bits per heavy atom. The molecule has 6 nitrogen and oxygen atoms in total. The molecule has 0 bridgehead atoms. The number of para-hydroxylation sites is 1. The average molecular weight is 270 g/mol. The molecule has 3 aromatic rings. The molecule has 0 fully saturated rings. The van der Waals surface area contributed by atoms with E-state index in [1.165, 1.54) is 5.39 Å². The van der Waals surface area contributed by atoms with Crippen LogP contribution >= 0.6 is 0 Å². The Bertz CT molecular complexity index is 726. The summed E-state index contributed by atoms with van der Waals surface area (Å²) < 4.78 is 3.68. The van der Waals surface area contributed by atoms with Crippen molar-refractivity contribution in [2.75, 3.05) is 0 Å². The van der Waals surface area contributed by atoms with E-state index in [0.717, 1.165) is 23.2 Å². The summed E-state index contributed by atoms with van der Waals surface area (Å²) in [7, 11) is 3.86. The number of benzene rings is 1. The van der Waals surface area contributed by atoms with Crippen LogP contribution in [0, 0.1) is 0 Å². The van der Waals surface area contributed by atoms with Crippen LogP contribution in [0.4, 0.5) is 0 Å². The molecule has 20 heavy (non-hydrogen) atoms. The Hall–Kier alpha value is -2.18. The quantitative estimate of drug-likeness (QED) is 0.549. The minimum absolute atomic E-state index is 0.00186. The molecule has 2 aromatic heterocycles. The molecule has 3 rings (SSSR count). The third-order valence-corrected chi connectivity index (χ3v) is 3.56. The van der Waals surface area contributed by atoms with Crippen molar-refractivity contribution in [2.45, 2.75) is 12.5 Å². The van der Waals surface area contributed by atoms with E-state index < -0.39 is 0 Å². The third-order valence-electron chi connectivity index (χ3n) is 3.56. The predicted molar refractivity (Wildman–Crippen MR) is 77.7 cm³/mol. The highest BCUT2D eigenvalue weighted by atomic mass is 15.3. The SMILES string of the molecule is Cn1cc(C(Cc2nn(C)c3ccccc23)NN)cn1. The van der Waals surface area contributed by atoms with Gasteiger partial charge in [0.05, 0.1) is 23.4 Å². The summed E-state index contributed by atoms with van der Waals surface area (Å²) in [5, 5.41) is 9.96. The number of hydrogen-bond donors (Lipinski definition) is 2. The maximum Gasteiger partial charge on any atom is 0.0722 e. The van der Waals surface area contributed by atoms with Gasteiger partial charge in [-0.1, -0.05) is 18.2 Å². The van der Waals surface area contributed by atoms with Gasteiger partial charge in [0, 0.05) is 37.7 Å². The summed E-state index contributed by atoms with van der Waals surface area (Å²) in [6.45, 7) is 0. The van der Waals surface area contributed by atoms with Gasteiger partial charge in [-0.25, -0.2) is 0 Å². The van der Waals surface area contributed by atoms with Crippen LogP contribution in [0.3, 0.4) is 0 Å². The van der Waals surface area contributed by atoms with Crippen LogP contribution in [0.5, 0.6) is 0 Å². The molecule has 0 spiro atoms. The van der Waals surface area contributed by atoms with Crippen molar-refractivity contribution in [2.24, 2.45) is 19.9 Å². The highest BCUT2D eigenvalue weighted by Gasteiger charge is 2.16. The van der Waals surface area contributed by atoms with Crippen molar-refractivity contribution >= 4 is 10.9 Å². The molecule has 0 aliphatic rings.